The monoisotopic (exact) mass is 687 g/mol. The van der Waals surface area contributed by atoms with Crippen LogP contribution in [0.25, 0.3) is 22.2 Å². The Morgan fingerprint density at radius 2 is 1.67 bits per heavy atom. The van der Waals surface area contributed by atoms with Crippen molar-refractivity contribution in [3.05, 3.63) is 53.1 Å². The fourth-order valence-electron chi connectivity index (χ4n) is 9.44. The number of hydrogen-bond donors (Lipinski definition) is 1. The number of rotatable bonds is 6. The lowest BCUT2D eigenvalue weighted by Crippen LogP contribution is -2.58. The third-order valence-corrected chi connectivity index (χ3v) is 13.5. The minimum Gasteiger partial charge on any atom is -0.497 e. The van der Waals surface area contributed by atoms with Crippen molar-refractivity contribution in [2.75, 3.05) is 34.3 Å². The van der Waals surface area contributed by atoms with Gasteiger partial charge in [0.2, 0.25) is 11.8 Å². The molecule has 2 aliphatic carbocycles. The SMILES string of the molecule is COc1ccc2c(c1)C1CC1(C(=O)N1[C@@H]3CC[C@@H]1CN(C(C)=O)C3)Cn1c-2c(C2CCCCC2)c2ccc(C(=O)NS(=O)(=O)N(C)C)cc21. The summed E-state index contributed by atoms with van der Waals surface area (Å²) in [6.45, 7) is 3.20. The zero-order valence-corrected chi connectivity index (χ0v) is 29.5. The molecule has 0 spiro atoms. The van der Waals surface area contributed by atoms with Gasteiger partial charge in [-0.1, -0.05) is 25.3 Å². The zero-order chi connectivity index (χ0) is 34.4. The van der Waals surface area contributed by atoms with E-state index in [9.17, 15) is 18.0 Å². The minimum atomic E-state index is -3.99. The Bertz CT molecular complexity index is 1980. The molecule has 3 aliphatic heterocycles. The Kier molecular flexibility index (Phi) is 7.64. The topological polar surface area (TPSA) is 121 Å². The van der Waals surface area contributed by atoms with Crippen LogP contribution in [0.2, 0.25) is 0 Å². The summed E-state index contributed by atoms with van der Waals surface area (Å²) in [6.07, 6.45) is 8.13. The van der Waals surface area contributed by atoms with Crippen LogP contribution in [0.3, 0.4) is 0 Å². The van der Waals surface area contributed by atoms with Gasteiger partial charge in [0.25, 0.3) is 5.91 Å². The molecule has 8 rings (SSSR count). The Hall–Kier alpha value is -3.90. The average molecular weight is 688 g/mol. The van der Waals surface area contributed by atoms with Crippen LogP contribution in [0.1, 0.15) is 91.6 Å². The molecule has 1 aromatic heterocycles. The van der Waals surface area contributed by atoms with Gasteiger partial charge in [0.15, 0.2) is 0 Å². The zero-order valence-electron chi connectivity index (χ0n) is 28.7. The maximum Gasteiger partial charge on any atom is 0.303 e. The van der Waals surface area contributed by atoms with Gasteiger partial charge in [-0.3, -0.25) is 14.4 Å². The second-order valence-corrected chi connectivity index (χ2v) is 16.9. The molecule has 3 aromatic rings. The van der Waals surface area contributed by atoms with Crippen molar-refractivity contribution >= 4 is 38.8 Å². The lowest BCUT2D eigenvalue weighted by molar-refractivity contribution is -0.147. The second kappa shape index (κ2) is 11.6. The molecule has 4 fully saturated rings. The van der Waals surface area contributed by atoms with Gasteiger partial charge in [0, 0.05) is 80.7 Å². The molecule has 2 saturated heterocycles. The van der Waals surface area contributed by atoms with Crippen molar-refractivity contribution in [1.29, 1.82) is 0 Å². The van der Waals surface area contributed by atoms with Gasteiger partial charge in [-0.15, -0.1) is 0 Å². The van der Waals surface area contributed by atoms with Crippen LogP contribution in [0.4, 0.5) is 0 Å². The third kappa shape index (κ3) is 5.08. The van der Waals surface area contributed by atoms with Crippen LogP contribution in [-0.4, -0.2) is 91.2 Å². The van der Waals surface area contributed by atoms with Gasteiger partial charge in [0.1, 0.15) is 5.75 Å². The number of amides is 3. The molecule has 2 unspecified atom stereocenters. The van der Waals surface area contributed by atoms with Crippen LogP contribution >= 0.6 is 0 Å². The number of carbonyl (C=O) groups excluding carboxylic acids is 3. The van der Waals surface area contributed by atoms with Crippen molar-refractivity contribution in [1.82, 2.24) is 23.4 Å². The van der Waals surface area contributed by atoms with E-state index in [1.165, 1.54) is 26.1 Å². The molecule has 260 valence electrons. The van der Waals surface area contributed by atoms with Crippen LogP contribution in [0.5, 0.6) is 5.75 Å². The van der Waals surface area contributed by atoms with Crippen molar-refractivity contribution in [3.63, 3.8) is 0 Å². The first-order chi connectivity index (χ1) is 23.4. The van der Waals surface area contributed by atoms with E-state index in [0.29, 0.717) is 32.0 Å². The van der Waals surface area contributed by atoms with E-state index < -0.39 is 21.5 Å². The summed E-state index contributed by atoms with van der Waals surface area (Å²) in [5, 5.41) is 1.05. The van der Waals surface area contributed by atoms with E-state index in [1.807, 2.05) is 23.1 Å². The number of carbonyl (C=O) groups is 3. The highest BCUT2D eigenvalue weighted by Gasteiger charge is 2.65. The second-order valence-electron chi connectivity index (χ2n) is 15.0. The highest BCUT2D eigenvalue weighted by atomic mass is 32.2. The molecule has 0 radical (unpaired) electrons. The van der Waals surface area contributed by atoms with Gasteiger partial charge in [-0.2, -0.15) is 12.7 Å². The molecule has 12 heteroatoms. The Morgan fingerprint density at radius 1 is 0.959 bits per heavy atom. The van der Waals surface area contributed by atoms with Crippen molar-refractivity contribution in [2.24, 2.45) is 5.41 Å². The normalized spacial score (nSPS) is 26.2. The number of nitrogens with zero attached hydrogens (tertiary/aromatic N) is 4. The fourth-order valence-corrected chi connectivity index (χ4v) is 9.97. The van der Waals surface area contributed by atoms with Crippen LogP contribution in [0, 0.1) is 5.41 Å². The van der Waals surface area contributed by atoms with E-state index >= 15 is 4.79 Å². The van der Waals surface area contributed by atoms with E-state index in [1.54, 1.807) is 20.1 Å². The van der Waals surface area contributed by atoms with Crippen LogP contribution < -0.4 is 9.46 Å². The number of aromatic nitrogens is 1. The molecule has 3 amide bonds. The summed E-state index contributed by atoms with van der Waals surface area (Å²) >= 11 is 0. The molecule has 2 aromatic carbocycles. The molecule has 11 nitrogen and oxygen atoms in total. The van der Waals surface area contributed by atoms with Gasteiger partial charge >= 0.3 is 10.2 Å². The maximum atomic E-state index is 15.1. The standard InChI is InChI=1S/C37H45N5O6S/c1-22(43)40-19-25-11-12-26(20-40)42(25)36(45)37-18-31(37)30-17-27(48-4)13-15-28(30)34-33(23-8-6-5-7-9-23)29-14-10-24(16-32(29)41(34)21-37)35(44)38-49(46,47)39(2)3/h10,13-17,23,25-26,31H,5-9,11-12,18-21H2,1-4H3,(H,38,44)/t25-,26-,31?,37?/m1/s1. The van der Waals surface area contributed by atoms with Gasteiger partial charge < -0.3 is 19.1 Å². The van der Waals surface area contributed by atoms with Crippen molar-refractivity contribution in [3.8, 4) is 17.0 Å². The predicted octanol–water partition coefficient (Wildman–Crippen LogP) is 4.61. The largest absolute Gasteiger partial charge is 0.497 e. The summed E-state index contributed by atoms with van der Waals surface area (Å²) in [5.74, 6) is 0.598. The first-order valence-corrected chi connectivity index (χ1v) is 19.0. The van der Waals surface area contributed by atoms with E-state index in [0.717, 1.165) is 76.3 Å². The van der Waals surface area contributed by atoms with Gasteiger partial charge in [-0.05, 0) is 79.5 Å². The maximum absolute atomic E-state index is 15.1. The number of fused-ring (bicyclic) bond motifs is 9. The molecule has 4 atom stereocenters. The Labute approximate surface area is 287 Å². The van der Waals surface area contributed by atoms with E-state index in [2.05, 4.69) is 26.3 Å². The highest BCUT2D eigenvalue weighted by Crippen LogP contribution is 2.66. The molecule has 2 bridgehead atoms. The van der Waals surface area contributed by atoms with Crippen LogP contribution in [0.15, 0.2) is 36.4 Å². The quantitative estimate of drug-likeness (QED) is 0.404. The van der Waals surface area contributed by atoms with Crippen molar-refractivity contribution in [2.45, 2.75) is 88.8 Å². The molecule has 49 heavy (non-hydrogen) atoms. The summed E-state index contributed by atoms with van der Waals surface area (Å²) < 4.78 is 36.4. The average Bonchev–Trinajstić information content (AvgIpc) is 3.68. The Morgan fingerprint density at radius 3 is 2.33 bits per heavy atom. The number of nitrogens with one attached hydrogen (secondary N) is 1. The van der Waals surface area contributed by atoms with Gasteiger partial charge in [-0.25, -0.2) is 4.72 Å². The van der Waals surface area contributed by atoms with Crippen LogP contribution in [-0.2, 0) is 26.3 Å². The lowest BCUT2D eigenvalue weighted by Gasteiger charge is -2.42. The molecule has 1 N–H and O–H groups in total. The van der Waals surface area contributed by atoms with Gasteiger partial charge in [0.05, 0.1) is 18.2 Å². The van der Waals surface area contributed by atoms with E-state index in [4.69, 9.17) is 4.74 Å². The number of methoxy groups -OCH3 is 1. The number of benzene rings is 2. The summed E-state index contributed by atoms with van der Waals surface area (Å²) in [5.41, 5.74) is 4.98. The molecule has 2 saturated carbocycles. The number of hydrogen-bond acceptors (Lipinski definition) is 6. The van der Waals surface area contributed by atoms with E-state index in [-0.39, 0.29) is 35.4 Å². The number of ether oxygens (including phenoxy) is 1. The first-order valence-electron chi connectivity index (χ1n) is 17.6. The smallest absolute Gasteiger partial charge is 0.303 e. The lowest BCUT2D eigenvalue weighted by atomic mass is 9.81. The first kappa shape index (κ1) is 32.3. The molecular formula is C37H45N5O6S. The fraction of sp³-hybridized carbons (Fsp3) is 0.541. The third-order valence-electron chi connectivity index (χ3n) is 12.1. The summed E-state index contributed by atoms with van der Waals surface area (Å²) in [4.78, 5) is 44.8. The summed E-state index contributed by atoms with van der Waals surface area (Å²) in [6, 6.07) is 11.8. The minimum absolute atomic E-state index is 0.00112. The molecule has 4 heterocycles. The Balaban J connectivity index is 1.30. The molecular weight excluding hydrogens is 643 g/mol. The predicted molar refractivity (Wildman–Crippen MR) is 186 cm³/mol. The highest BCUT2D eigenvalue weighted by molar-refractivity contribution is 7.87. The number of likely N-dealkylation sites (tertiary alicyclic amines) is 1. The molecule has 5 aliphatic rings. The van der Waals surface area contributed by atoms with Crippen molar-refractivity contribution < 1.29 is 27.5 Å². The summed E-state index contributed by atoms with van der Waals surface area (Å²) in [7, 11) is 0.437. The number of piperazine rings is 1.